The molecule has 1 aromatic heterocycles. The smallest absolute Gasteiger partial charge is 0.128 e. The molecule has 2 aromatic rings. The maximum atomic E-state index is 5.23. The molecular formula is C10H11N3O2. The van der Waals surface area contributed by atoms with Crippen LogP contribution >= 0.6 is 0 Å². The van der Waals surface area contributed by atoms with E-state index < -0.39 is 0 Å². The molecule has 0 bridgehead atoms. The second kappa shape index (κ2) is 4.00. The highest BCUT2D eigenvalue weighted by atomic mass is 16.5. The van der Waals surface area contributed by atoms with E-state index in [2.05, 4.69) is 15.4 Å². The highest BCUT2D eigenvalue weighted by Gasteiger charge is 2.09. The van der Waals surface area contributed by atoms with Crippen LogP contribution in [0.4, 0.5) is 0 Å². The Morgan fingerprint density at radius 3 is 2.67 bits per heavy atom. The lowest BCUT2D eigenvalue weighted by Gasteiger charge is -2.07. The molecule has 1 aromatic carbocycles. The number of rotatable bonds is 3. The normalized spacial score (nSPS) is 10.0. The number of methoxy groups -OCH3 is 2. The minimum absolute atomic E-state index is 0.728. The quantitative estimate of drug-likeness (QED) is 0.824. The second-order valence-electron chi connectivity index (χ2n) is 2.92. The van der Waals surface area contributed by atoms with Gasteiger partial charge in [0.15, 0.2) is 0 Å². The van der Waals surface area contributed by atoms with E-state index in [0.717, 1.165) is 22.8 Å². The van der Waals surface area contributed by atoms with Gasteiger partial charge < -0.3 is 9.47 Å². The third-order valence-corrected chi connectivity index (χ3v) is 2.10. The van der Waals surface area contributed by atoms with E-state index in [1.807, 2.05) is 18.2 Å². The van der Waals surface area contributed by atoms with Gasteiger partial charge in [-0.2, -0.15) is 15.4 Å². The first-order valence-corrected chi connectivity index (χ1v) is 4.43. The summed E-state index contributed by atoms with van der Waals surface area (Å²) in [6.45, 7) is 0. The van der Waals surface area contributed by atoms with Crippen molar-refractivity contribution in [1.29, 1.82) is 0 Å². The average Bonchev–Trinajstić information content (AvgIpc) is 2.81. The molecule has 0 radical (unpaired) electrons. The van der Waals surface area contributed by atoms with Crippen LogP contribution in [0.15, 0.2) is 24.4 Å². The molecule has 0 aliphatic heterocycles. The number of ether oxygens (including phenoxy) is 2. The summed E-state index contributed by atoms with van der Waals surface area (Å²) in [6, 6.07) is 5.53. The summed E-state index contributed by atoms with van der Waals surface area (Å²) in [5.41, 5.74) is 1.58. The van der Waals surface area contributed by atoms with Crippen molar-refractivity contribution in [2.45, 2.75) is 0 Å². The molecule has 15 heavy (non-hydrogen) atoms. The topological polar surface area (TPSA) is 60.0 Å². The Morgan fingerprint density at radius 1 is 1.20 bits per heavy atom. The second-order valence-corrected chi connectivity index (χ2v) is 2.92. The largest absolute Gasteiger partial charge is 0.497 e. The molecule has 0 atom stereocenters. The number of nitrogens with one attached hydrogen (secondary N) is 1. The minimum atomic E-state index is 0.728. The van der Waals surface area contributed by atoms with Crippen LogP contribution < -0.4 is 9.47 Å². The maximum absolute atomic E-state index is 5.23. The van der Waals surface area contributed by atoms with Crippen LogP contribution in [0, 0.1) is 0 Å². The van der Waals surface area contributed by atoms with Gasteiger partial charge in [-0.05, 0) is 18.2 Å². The van der Waals surface area contributed by atoms with Gasteiger partial charge in [-0.3, -0.25) is 0 Å². The molecule has 0 spiro atoms. The van der Waals surface area contributed by atoms with Gasteiger partial charge in [0.1, 0.15) is 17.2 Å². The van der Waals surface area contributed by atoms with Gasteiger partial charge in [-0.15, -0.1) is 0 Å². The fourth-order valence-electron chi connectivity index (χ4n) is 1.35. The van der Waals surface area contributed by atoms with E-state index in [-0.39, 0.29) is 0 Å². The number of benzene rings is 1. The molecule has 1 N–H and O–H groups in total. The van der Waals surface area contributed by atoms with Gasteiger partial charge in [0.05, 0.1) is 20.4 Å². The van der Waals surface area contributed by atoms with E-state index in [1.54, 1.807) is 20.4 Å². The Bertz CT molecular complexity index is 440. The fourth-order valence-corrected chi connectivity index (χ4v) is 1.35. The van der Waals surface area contributed by atoms with E-state index in [4.69, 9.17) is 9.47 Å². The van der Waals surface area contributed by atoms with Crippen LogP contribution in [0.1, 0.15) is 0 Å². The van der Waals surface area contributed by atoms with Crippen LogP contribution in [-0.4, -0.2) is 29.6 Å². The first kappa shape index (κ1) is 9.51. The predicted molar refractivity (Wildman–Crippen MR) is 54.9 cm³/mol. The SMILES string of the molecule is COc1ccc(OC)c(-c2cn[nH]n2)c1. The standard InChI is InChI=1S/C10H11N3O2/c1-14-7-3-4-10(15-2)8(5-7)9-6-11-13-12-9/h3-6H,1-2H3,(H,11,12,13). The third kappa shape index (κ3) is 1.76. The Kier molecular flexibility index (Phi) is 2.53. The molecular weight excluding hydrogens is 194 g/mol. The van der Waals surface area contributed by atoms with E-state index in [1.165, 1.54) is 0 Å². The molecule has 5 heteroatoms. The minimum Gasteiger partial charge on any atom is -0.497 e. The number of aromatic amines is 1. The van der Waals surface area contributed by atoms with Gasteiger partial charge >= 0.3 is 0 Å². The lowest BCUT2D eigenvalue weighted by molar-refractivity contribution is 0.404. The van der Waals surface area contributed by atoms with Crippen LogP contribution in [0.3, 0.4) is 0 Å². The van der Waals surface area contributed by atoms with Crippen molar-refractivity contribution in [1.82, 2.24) is 15.4 Å². The number of hydrogen-bond donors (Lipinski definition) is 1. The number of hydrogen-bond acceptors (Lipinski definition) is 4. The molecule has 0 saturated carbocycles. The van der Waals surface area contributed by atoms with Crippen molar-refractivity contribution < 1.29 is 9.47 Å². The monoisotopic (exact) mass is 205 g/mol. The zero-order valence-electron chi connectivity index (χ0n) is 8.52. The van der Waals surface area contributed by atoms with E-state index in [0.29, 0.717) is 0 Å². The van der Waals surface area contributed by atoms with Crippen LogP contribution in [0.2, 0.25) is 0 Å². The summed E-state index contributed by atoms with van der Waals surface area (Å²) >= 11 is 0. The number of H-pyrrole nitrogens is 1. The summed E-state index contributed by atoms with van der Waals surface area (Å²) in [6.07, 6.45) is 1.64. The molecule has 0 fully saturated rings. The molecule has 0 saturated heterocycles. The van der Waals surface area contributed by atoms with Gasteiger partial charge in [0.25, 0.3) is 0 Å². The molecule has 78 valence electrons. The van der Waals surface area contributed by atoms with Crippen LogP contribution in [-0.2, 0) is 0 Å². The van der Waals surface area contributed by atoms with Crippen molar-refractivity contribution in [2.75, 3.05) is 14.2 Å². The third-order valence-electron chi connectivity index (χ3n) is 2.10. The predicted octanol–water partition coefficient (Wildman–Crippen LogP) is 1.49. The van der Waals surface area contributed by atoms with Crippen molar-refractivity contribution in [3.63, 3.8) is 0 Å². The first-order chi connectivity index (χ1) is 7.35. The molecule has 2 rings (SSSR count). The average molecular weight is 205 g/mol. The Hall–Kier alpha value is -2.04. The summed E-state index contributed by atoms with van der Waals surface area (Å²) in [7, 11) is 3.24. The van der Waals surface area contributed by atoms with Crippen LogP contribution in [0.5, 0.6) is 11.5 Å². The highest BCUT2D eigenvalue weighted by molar-refractivity contribution is 5.68. The van der Waals surface area contributed by atoms with E-state index >= 15 is 0 Å². The summed E-state index contributed by atoms with van der Waals surface area (Å²) in [5.74, 6) is 1.50. The van der Waals surface area contributed by atoms with Crippen molar-refractivity contribution in [3.05, 3.63) is 24.4 Å². The fraction of sp³-hybridized carbons (Fsp3) is 0.200. The number of aromatic nitrogens is 3. The Labute approximate surface area is 87.0 Å². The number of nitrogens with zero attached hydrogens (tertiary/aromatic N) is 2. The molecule has 1 heterocycles. The van der Waals surface area contributed by atoms with Gasteiger partial charge in [-0.1, -0.05) is 0 Å². The van der Waals surface area contributed by atoms with Crippen molar-refractivity contribution in [2.24, 2.45) is 0 Å². The summed E-state index contributed by atoms with van der Waals surface area (Å²) in [5, 5.41) is 10.3. The highest BCUT2D eigenvalue weighted by Crippen LogP contribution is 2.31. The first-order valence-electron chi connectivity index (χ1n) is 4.43. The lowest BCUT2D eigenvalue weighted by atomic mass is 10.1. The maximum Gasteiger partial charge on any atom is 0.128 e. The summed E-state index contributed by atoms with van der Waals surface area (Å²) in [4.78, 5) is 0. The Morgan fingerprint density at radius 2 is 2.07 bits per heavy atom. The van der Waals surface area contributed by atoms with Crippen LogP contribution in [0.25, 0.3) is 11.3 Å². The molecule has 0 amide bonds. The summed E-state index contributed by atoms with van der Waals surface area (Å²) < 4.78 is 10.4. The zero-order valence-corrected chi connectivity index (χ0v) is 8.52. The molecule has 0 aliphatic rings. The van der Waals surface area contributed by atoms with E-state index in [9.17, 15) is 0 Å². The van der Waals surface area contributed by atoms with Gasteiger partial charge in [0, 0.05) is 5.56 Å². The van der Waals surface area contributed by atoms with Gasteiger partial charge in [-0.25, -0.2) is 0 Å². The van der Waals surface area contributed by atoms with Crippen molar-refractivity contribution >= 4 is 0 Å². The molecule has 0 unspecified atom stereocenters. The Balaban J connectivity index is 2.52. The van der Waals surface area contributed by atoms with Crippen molar-refractivity contribution in [3.8, 4) is 22.8 Å². The lowest BCUT2D eigenvalue weighted by Crippen LogP contribution is -1.90. The van der Waals surface area contributed by atoms with Gasteiger partial charge in [0.2, 0.25) is 0 Å². The zero-order chi connectivity index (χ0) is 10.7. The molecule has 5 nitrogen and oxygen atoms in total. The molecule has 0 aliphatic carbocycles.